The molecule has 0 aromatic rings. The van der Waals surface area contributed by atoms with E-state index < -0.39 is 0 Å². The second-order valence-corrected chi connectivity index (χ2v) is 6.59. The van der Waals surface area contributed by atoms with E-state index in [1.165, 1.54) is 56.5 Å². The molecule has 4 N–H and O–H groups in total. The van der Waals surface area contributed by atoms with Gasteiger partial charge < -0.3 is 5.32 Å². The first-order valence-corrected chi connectivity index (χ1v) is 8.39. The largest absolute Gasteiger partial charge is 0.353 e. The molecule has 1 saturated heterocycles. The Morgan fingerprint density at radius 2 is 1.83 bits per heavy atom. The van der Waals surface area contributed by atoms with Crippen molar-refractivity contribution in [2.45, 2.75) is 51.0 Å². The van der Waals surface area contributed by atoms with Crippen molar-refractivity contribution in [1.82, 2.24) is 10.7 Å². The van der Waals surface area contributed by atoms with Crippen molar-refractivity contribution >= 4 is 17.7 Å². The maximum atomic E-state index is 5.56. The van der Waals surface area contributed by atoms with Crippen LogP contribution in [0.2, 0.25) is 0 Å². The van der Waals surface area contributed by atoms with Crippen LogP contribution in [0.25, 0.3) is 0 Å². The summed E-state index contributed by atoms with van der Waals surface area (Å²) in [7, 11) is 0. The third-order valence-electron chi connectivity index (χ3n) is 3.93. The molecule has 0 aromatic carbocycles. The van der Waals surface area contributed by atoms with Crippen molar-refractivity contribution in [2.24, 2.45) is 16.8 Å². The number of nitrogens with one attached hydrogen (secondary N) is 2. The molecule has 4 nitrogen and oxygen atoms in total. The van der Waals surface area contributed by atoms with Crippen molar-refractivity contribution in [3.63, 3.8) is 0 Å². The minimum atomic E-state index is 0.565. The highest BCUT2D eigenvalue weighted by Gasteiger charge is 2.16. The number of guanidine groups is 1. The van der Waals surface area contributed by atoms with Gasteiger partial charge in [-0.05, 0) is 43.1 Å². The number of hydrogen-bond donors (Lipinski definition) is 3. The summed E-state index contributed by atoms with van der Waals surface area (Å²) in [4.78, 5) is 4.62. The van der Waals surface area contributed by atoms with E-state index in [1.54, 1.807) is 0 Å². The predicted octanol–water partition coefficient (Wildman–Crippen LogP) is 1.87. The Morgan fingerprint density at radius 1 is 1.11 bits per heavy atom. The summed E-state index contributed by atoms with van der Waals surface area (Å²) in [6.45, 7) is 0.916. The number of hydrogen-bond acceptors (Lipinski definition) is 3. The van der Waals surface area contributed by atoms with Crippen LogP contribution in [0.15, 0.2) is 4.99 Å². The highest BCUT2D eigenvalue weighted by Crippen LogP contribution is 2.22. The summed E-state index contributed by atoms with van der Waals surface area (Å²) in [6.07, 6.45) is 9.14. The summed E-state index contributed by atoms with van der Waals surface area (Å²) in [6, 6.07) is 0.565. The van der Waals surface area contributed by atoms with E-state index in [-0.39, 0.29) is 0 Å². The molecule has 104 valence electrons. The number of hydrazine groups is 1. The van der Waals surface area contributed by atoms with Crippen LogP contribution in [0.4, 0.5) is 0 Å². The standard InChI is InChI=1S/C13H26N4S/c14-17-13(16-12-4-2-1-3-5-12)15-10-11-6-8-18-9-7-11/h11-12H,1-10,14H2,(H2,15,16,17). The van der Waals surface area contributed by atoms with Gasteiger partial charge in [0, 0.05) is 12.6 Å². The first-order valence-electron chi connectivity index (χ1n) is 7.24. The summed E-state index contributed by atoms with van der Waals surface area (Å²) >= 11 is 2.06. The normalized spacial score (nSPS) is 23.9. The average Bonchev–Trinajstić information content (AvgIpc) is 2.45. The van der Waals surface area contributed by atoms with Gasteiger partial charge >= 0.3 is 0 Å². The summed E-state index contributed by atoms with van der Waals surface area (Å²) in [5.41, 5.74) is 2.72. The highest BCUT2D eigenvalue weighted by molar-refractivity contribution is 7.99. The molecule has 1 saturated carbocycles. The molecule has 0 bridgehead atoms. The summed E-state index contributed by atoms with van der Waals surface area (Å²) in [5.74, 6) is 9.69. The molecular weight excluding hydrogens is 244 g/mol. The summed E-state index contributed by atoms with van der Waals surface area (Å²) in [5, 5.41) is 3.45. The molecule has 1 heterocycles. The lowest BCUT2D eigenvalue weighted by atomic mass is 9.96. The van der Waals surface area contributed by atoms with Gasteiger partial charge in [-0.15, -0.1) is 0 Å². The van der Waals surface area contributed by atoms with Crippen LogP contribution in [0.3, 0.4) is 0 Å². The Balaban J connectivity index is 1.75. The molecule has 0 unspecified atom stereocenters. The van der Waals surface area contributed by atoms with Crippen LogP contribution in [-0.2, 0) is 0 Å². The SMILES string of the molecule is NNC(=NCC1CCSCC1)NC1CCCCC1. The van der Waals surface area contributed by atoms with Crippen LogP contribution >= 0.6 is 11.8 Å². The quantitative estimate of drug-likeness (QED) is 0.317. The molecule has 0 amide bonds. The predicted molar refractivity (Wildman–Crippen MR) is 79.7 cm³/mol. The Bertz CT molecular complexity index is 258. The molecule has 2 fully saturated rings. The maximum Gasteiger partial charge on any atom is 0.205 e. The number of thioether (sulfide) groups is 1. The van der Waals surface area contributed by atoms with Gasteiger partial charge in [-0.3, -0.25) is 10.4 Å². The molecule has 0 aromatic heterocycles. The van der Waals surface area contributed by atoms with Crippen LogP contribution in [0.1, 0.15) is 44.9 Å². The van der Waals surface area contributed by atoms with E-state index in [0.717, 1.165) is 18.4 Å². The van der Waals surface area contributed by atoms with Crippen molar-refractivity contribution in [2.75, 3.05) is 18.1 Å². The van der Waals surface area contributed by atoms with Crippen molar-refractivity contribution in [3.05, 3.63) is 0 Å². The molecular formula is C13H26N4S. The van der Waals surface area contributed by atoms with E-state index >= 15 is 0 Å². The molecule has 1 aliphatic heterocycles. The average molecular weight is 270 g/mol. The van der Waals surface area contributed by atoms with Crippen LogP contribution in [-0.4, -0.2) is 30.1 Å². The lowest BCUT2D eigenvalue weighted by Crippen LogP contribution is -2.47. The van der Waals surface area contributed by atoms with Gasteiger partial charge in [0.1, 0.15) is 0 Å². The zero-order chi connectivity index (χ0) is 12.6. The van der Waals surface area contributed by atoms with E-state index in [4.69, 9.17) is 5.84 Å². The van der Waals surface area contributed by atoms with Crippen LogP contribution < -0.4 is 16.6 Å². The fourth-order valence-corrected chi connectivity index (χ4v) is 3.93. The van der Waals surface area contributed by atoms with E-state index in [9.17, 15) is 0 Å². The lowest BCUT2D eigenvalue weighted by Gasteiger charge is -2.25. The topological polar surface area (TPSA) is 62.4 Å². The lowest BCUT2D eigenvalue weighted by molar-refractivity contribution is 0.409. The smallest absolute Gasteiger partial charge is 0.205 e. The second kappa shape index (κ2) is 7.89. The maximum absolute atomic E-state index is 5.56. The number of nitrogens with two attached hydrogens (primary N) is 1. The molecule has 0 spiro atoms. The van der Waals surface area contributed by atoms with Crippen LogP contribution in [0.5, 0.6) is 0 Å². The molecule has 18 heavy (non-hydrogen) atoms. The van der Waals surface area contributed by atoms with Crippen molar-refractivity contribution in [1.29, 1.82) is 0 Å². The zero-order valence-corrected chi connectivity index (χ0v) is 12.0. The first-order chi connectivity index (χ1) is 8.88. The fraction of sp³-hybridized carbons (Fsp3) is 0.923. The van der Waals surface area contributed by atoms with Gasteiger partial charge in [0.05, 0.1) is 0 Å². The summed E-state index contributed by atoms with van der Waals surface area (Å²) < 4.78 is 0. The van der Waals surface area contributed by atoms with Crippen LogP contribution in [0, 0.1) is 5.92 Å². The Hall–Kier alpha value is -0.420. The molecule has 2 rings (SSSR count). The minimum Gasteiger partial charge on any atom is -0.353 e. The Labute approximate surface area is 115 Å². The molecule has 0 radical (unpaired) electrons. The zero-order valence-electron chi connectivity index (χ0n) is 11.2. The van der Waals surface area contributed by atoms with Gasteiger partial charge in [-0.2, -0.15) is 11.8 Å². The fourth-order valence-electron chi connectivity index (χ4n) is 2.72. The van der Waals surface area contributed by atoms with Gasteiger partial charge in [-0.1, -0.05) is 19.3 Å². The second-order valence-electron chi connectivity index (χ2n) is 5.37. The number of rotatable bonds is 3. The Kier molecular flexibility index (Phi) is 6.14. The third kappa shape index (κ3) is 4.69. The first kappa shape index (κ1) is 14.0. The van der Waals surface area contributed by atoms with Gasteiger partial charge in [0.2, 0.25) is 5.96 Å². The van der Waals surface area contributed by atoms with Gasteiger partial charge in [0.25, 0.3) is 0 Å². The van der Waals surface area contributed by atoms with Gasteiger partial charge in [0.15, 0.2) is 0 Å². The van der Waals surface area contributed by atoms with Gasteiger partial charge in [-0.25, -0.2) is 5.84 Å². The highest BCUT2D eigenvalue weighted by atomic mass is 32.2. The Morgan fingerprint density at radius 3 is 2.50 bits per heavy atom. The number of nitrogens with zero attached hydrogens (tertiary/aromatic N) is 1. The monoisotopic (exact) mass is 270 g/mol. The molecule has 5 heteroatoms. The third-order valence-corrected chi connectivity index (χ3v) is 4.98. The van der Waals surface area contributed by atoms with Crippen molar-refractivity contribution < 1.29 is 0 Å². The van der Waals surface area contributed by atoms with E-state index in [2.05, 4.69) is 27.5 Å². The van der Waals surface area contributed by atoms with Crippen molar-refractivity contribution in [3.8, 4) is 0 Å². The molecule has 2 aliphatic rings. The number of aliphatic imine (C=N–C) groups is 1. The molecule has 0 atom stereocenters. The van der Waals surface area contributed by atoms with E-state index in [0.29, 0.717) is 6.04 Å². The van der Waals surface area contributed by atoms with E-state index in [1.807, 2.05) is 0 Å². The molecule has 1 aliphatic carbocycles. The minimum absolute atomic E-state index is 0.565.